The number of carbonyl (C=O) groups is 2. The van der Waals surface area contributed by atoms with Gasteiger partial charge < -0.3 is 4.52 Å². The Hall–Kier alpha value is -2.25. The van der Waals surface area contributed by atoms with Gasteiger partial charge in [-0.2, -0.15) is 4.98 Å². The highest BCUT2D eigenvalue weighted by Gasteiger charge is 2.24. The van der Waals surface area contributed by atoms with Gasteiger partial charge in [-0.25, -0.2) is 4.99 Å². The SMILES string of the molecule is Cc1nc(CN=C2NC(=O)C(=O)N2)no1. The summed E-state index contributed by atoms with van der Waals surface area (Å²) in [4.78, 5) is 29.3. The number of aryl methyl sites for hydroxylation is 1. The Kier molecular flexibility index (Phi) is 2.16. The zero-order valence-corrected chi connectivity index (χ0v) is 7.77. The minimum atomic E-state index is -0.724. The third-order valence-corrected chi connectivity index (χ3v) is 1.62. The Balaban J connectivity index is 2.01. The third-order valence-electron chi connectivity index (χ3n) is 1.62. The fourth-order valence-electron chi connectivity index (χ4n) is 0.994. The molecule has 1 aromatic rings. The second-order valence-corrected chi connectivity index (χ2v) is 2.80. The molecule has 8 heteroatoms. The molecule has 2 N–H and O–H groups in total. The average Bonchev–Trinajstić information content (AvgIpc) is 2.72. The van der Waals surface area contributed by atoms with Gasteiger partial charge >= 0.3 is 11.8 Å². The summed E-state index contributed by atoms with van der Waals surface area (Å²) in [5.41, 5.74) is 0. The molecule has 0 bridgehead atoms. The molecule has 0 aromatic carbocycles. The molecule has 0 saturated carbocycles. The molecule has 0 atom stereocenters. The van der Waals surface area contributed by atoms with Crippen molar-refractivity contribution in [1.29, 1.82) is 0 Å². The molecule has 2 rings (SSSR count). The van der Waals surface area contributed by atoms with Crippen LogP contribution in [0.25, 0.3) is 0 Å². The predicted molar refractivity (Wildman–Crippen MR) is 46.5 cm³/mol. The van der Waals surface area contributed by atoms with Crippen molar-refractivity contribution in [3.63, 3.8) is 0 Å². The first kappa shape index (κ1) is 9.31. The summed E-state index contributed by atoms with van der Waals surface area (Å²) in [6.07, 6.45) is 0. The van der Waals surface area contributed by atoms with Crippen LogP contribution in [-0.2, 0) is 16.1 Å². The molecule has 0 aliphatic carbocycles. The minimum absolute atomic E-state index is 0.104. The third kappa shape index (κ3) is 1.98. The van der Waals surface area contributed by atoms with Crippen LogP contribution in [0.2, 0.25) is 0 Å². The van der Waals surface area contributed by atoms with E-state index >= 15 is 0 Å². The lowest BCUT2D eigenvalue weighted by atomic mass is 10.6. The molecule has 1 aliphatic rings. The van der Waals surface area contributed by atoms with Crippen molar-refractivity contribution in [2.45, 2.75) is 13.5 Å². The van der Waals surface area contributed by atoms with Gasteiger partial charge in [-0.15, -0.1) is 0 Å². The van der Waals surface area contributed by atoms with Crippen LogP contribution in [0, 0.1) is 6.92 Å². The van der Waals surface area contributed by atoms with Crippen LogP contribution in [0.15, 0.2) is 9.52 Å². The van der Waals surface area contributed by atoms with Gasteiger partial charge in [-0.05, 0) is 0 Å². The fraction of sp³-hybridized carbons (Fsp3) is 0.286. The summed E-state index contributed by atoms with van der Waals surface area (Å²) in [5.74, 6) is -0.524. The van der Waals surface area contributed by atoms with Crippen molar-refractivity contribution in [2.24, 2.45) is 4.99 Å². The minimum Gasteiger partial charge on any atom is -0.340 e. The van der Waals surface area contributed by atoms with Crippen molar-refractivity contribution >= 4 is 17.8 Å². The van der Waals surface area contributed by atoms with Gasteiger partial charge in [-0.3, -0.25) is 20.2 Å². The van der Waals surface area contributed by atoms with E-state index in [1.807, 2.05) is 0 Å². The van der Waals surface area contributed by atoms with Gasteiger partial charge in [0.05, 0.1) is 0 Å². The van der Waals surface area contributed by atoms with E-state index in [1.165, 1.54) is 0 Å². The first-order valence-corrected chi connectivity index (χ1v) is 4.11. The van der Waals surface area contributed by atoms with Crippen LogP contribution < -0.4 is 10.6 Å². The van der Waals surface area contributed by atoms with Crippen LogP contribution >= 0.6 is 0 Å². The van der Waals surface area contributed by atoms with Crippen molar-refractivity contribution in [3.8, 4) is 0 Å². The van der Waals surface area contributed by atoms with Crippen LogP contribution in [0.4, 0.5) is 0 Å². The van der Waals surface area contributed by atoms with Crippen molar-refractivity contribution in [2.75, 3.05) is 0 Å². The molecule has 2 heterocycles. The van der Waals surface area contributed by atoms with Gasteiger partial charge in [0.15, 0.2) is 5.82 Å². The van der Waals surface area contributed by atoms with E-state index in [9.17, 15) is 9.59 Å². The number of aromatic nitrogens is 2. The van der Waals surface area contributed by atoms with Crippen molar-refractivity contribution < 1.29 is 14.1 Å². The van der Waals surface area contributed by atoms with E-state index in [0.717, 1.165) is 0 Å². The summed E-state index contributed by atoms with van der Waals surface area (Å²) < 4.78 is 4.72. The highest BCUT2D eigenvalue weighted by atomic mass is 16.5. The quantitative estimate of drug-likeness (QED) is 0.575. The predicted octanol–water partition coefficient (Wildman–Crippen LogP) is -1.52. The maximum absolute atomic E-state index is 10.7. The zero-order valence-electron chi connectivity index (χ0n) is 7.77. The Bertz CT molecular complexity index is 431. The van der Waals surface area contributed by atoms with Crippen LogP contribution in [0.1, 0.15) is 11.7 Å². The van der Waals surface area contributed by atoms with Gasteiger partial charge in [0, 0.05) is 6.92 Å². The van der Waals surface area contributed by atoms with Crippen LogP contribution in [-0.4, -0.2) is 27.9 Å². The number of nitrogens with zero attached hydrogens (tertiary/aromatic N) is 3. The smallest absolute Gasteiger partial charge is 0.316 e. The Morgan fingerprint density at radius 2 is 2.00 bits per heavy atom. The summed E-state index contributed by atoms with van der Waals surface area (Å²) in [6, 6.07) is 0. The molecule has 0 spiro atoms. The van der Waals surface area contributed by atoms with E-state index in [2.05, 4.69) is 25.8 Å². The number of amides is 2. The lowest BCUT2D eigenvalue weighted by molar-refractivity contribution is -0.135. The maximum atomic E-state index is 10.7. The van der Waals surface area contributed by atoms with E-state index in [-0.39, 0.29) is 12.5 Å². The number of nitrogens with one attached hydrogen (secondary N) is 2. The molecule has 78 valence electrons. The zero-order chi connectivity index (χ0) is 10.8. The number of rotatable bonds is 2. The van der Waals surface area contributed by atoms with E-state index in [1.54, 1.807) is 6.92 Å². The van der Waals surface area contributed by atoms with Crippen molar-refractivity contribution in [1.82, 2.24) is 20.8 Å². The van der Waals surface area contributed by atoms with E-state index in [4.69, 9.17) is 4.52 Å². The van der Waals surface area contributed by atoms with Gasteiger partial charge in [-0.1, -0.05) is 5.16 Å². The Labute approximate surface area is 83.8 Å². The van der Waals surface area contributed by atoms with Crippen LogP contribution in [0.5, 0.6) is 0 Å². The van der Waals surface area contributed by atoms with Gasteiger partial charge in [0.1, 0.15) is 6.54 Å². The summed E-state index contributed by atoms with van der Waals surface area (Å²) in [6.45, 7) is 1.79. The first-order chi connectivity index (χ1) is 7.15. The maximum Gasteiger partial charge on any atom is 0.316 e. The van der Waals surface area contributed by atoms with Crippen molar-refractivity contribution in [3.05, 3.63) is 11.7 Å². The lowest BCUT2D eigenvalue weighted by Crippen LogP contribution is -2.25. The topological polar surface area (TPSA) is 109 Å². The molecule has 8 nitrogen and oxygen atoms in total. The Morgan fingerprint density at radius 3 is 2.53 bits per heavy atom. The normalized spacial score (nSPS) is 15.1. The number of hydrogen-bond donors (Lipinski definition) is 2. The largest absolute Gasteiger partial charge is 0.340 e. The molecule has 0 radical (unpaired) electrons. The number of aliphatic imine (C=N–C) groups is 1. The molecule has 1 aliphatic heterocycles. The first-order valence-electron chi connectivity index (χ1n) is 4.11. The second-order valence-electron chi connectivity index (χ2n) is 2.80. The number of guanidine groups is 1. The fourth-order valence-corrected chi connectivity index (χ4v) is 0.994. The van der Waals surface area contributed by atoms with Crippen LogP contribution in [0.3, 0.4) is 0 Å². The summed E-state index contributed by atoms with van der Waals surface area (Å²) in [5, 5.41) is 8.09. The Morgan fingerprint density at radius 1 is 1.33 bits per heavy atom. The molecule has 1 aromatic heterocycles. The summed E-state index contributed by atoms with van der Waals surface area (Å²) in [7, 11) is 0. The molecule has 15 heavy (non-hydrogen) atoms. The second kappa shape index (κ2) is 3.48. The summed E-state index contributed by atoms with van der Waals surface area (Å²) >= 11 is 0. The standard InChI is InChI=1S/C7H7N5O3/c1-3-9-4(12-15-3)2-8-7-10-5(13)6(14)11-7/h2H2,1H3,(H2,8,10,11,13,14). The molecule has 1 fully saturated rings. The highest BCUT2D eigenvalue weighted by Crippen LogP contribution is 1.96. The number of carbonyl (C=O) groups excluding carboxylic acids is 2. The van der Waals surface area contributed by atoms with E-state index in [0.29, 0.717) is 11.7 Å². The van der Waals surface area contributed by atoms with Gasteiger partial charge in [0.2, 0.25) is 11.9 Å². The molecular weight excluding hydrogens is 202 g/mol. The molecule has 2 amide bonds. The number of hydrogen-bond acceptors (Lipinski definition) is 6. The van der Waals surface area contributed by atoms with Gasteiger partial charge in [0.25, 0.3) is 0 Å². The lowest BCUT2D eigenvalue weighted by Gasteiger charge is -1.92. The van der Waals surface area contributed by atoms with E-state index < -0.39 is 11.8 Å². The molecular formula is C7H7N5O3. The monoisotopic (exact) mass is 209 g/mol. The molecule has 1 saturated heterocycles. The highest BCUT2D eigenvalue weighted by molar-refractivity contribution is 6.45. The average molecular weight is 209 g/mol. The molecule has 0 unspecified atom stereocenters.